The van der Waals surface area contributed by atoms with Crippen molar-refractivity contribution in [3.63, 3.8) is 0 Å². The lowest BCUT2D eigenvalue weighted by Crippen LogP contribution is -2.28. The van der Waals surface area contributed by atoms with Gasteiger partial charge in [0.2, 0.25) is 11.8 Å². The first-order chi connectivity index (χ1) is 11.0. The Balaban J connectivity index is 1.69. The van der Waals surface area contributed by atoms with Crippen LogP contribution in [0.25, 0.3) is 0 Å². The quantitative estimate of drug-likeness (QED) is 0.946. The monoisotopic (exact) mass is 312 g/mol. The van der Waals surface area contributed by atoms with Crippen molar-refractivity contribution in [2.45, 2.75) is 13.3 Å². The van der Waals surface area contributed by atoms with E-state index in [-0.39, 0.29) is 24.1 Å². The number of carbonyl (C=O) groups is 2. The molecule has 3 rings (SSSR count). The van der Waals surface area contributed by atoms with Gasteiger partial charge in [-0.25, -0.2) is 4.39 Å². The zero-order chi connectivity index (χ0) is 16.4. The molecule has 1 fully saturated rings. The molecule has 2 aromatic rings. The minimum Gasteiger partial charge on any atom is -0.326 e. The summed E-state index contributed by atoms with van der Waals surface area (Å²) in [5.41, 5.74) is 2.39. The van der Waals surface area contributed by atoms with Crippen LogP contribution in [-0.2, 0) is 9.59 Å². The molecular formula is C18H17FN2O2. The van der Waals surface area contributed by atoms with Gasteiger partial charge in [0.25, 0.3) is 0 Å². The van der Waals surface area contributed by atoms with Crippen LogP contribution in [0.2, 0.25) is 0 Å². The second-order valence-corrected chi connectivity index (χ2v) is 5.74. The summed E-state index contributed by atoms with van der Waals surface area (Å²) in [4.78, 5) is 26.0. The largest absolute Gasteiger partial charge is 0.326 e. The maximum atomic E-state index is 13.0. The molecule has 1 heterocycles. The number of hydrogen-bond acceptors (Lipinski definition) is 2. The Bertz CT molecular complexity index is 743. The summed E-state index contributed by atoms with van der Waals surface area (Å²) in [6, 6.07) is 13.2. The number of carbonyl (C=O) groups excluding carboxylic acids is 2. The molecule has 2 amide bonds. The number of hydrogen-bond donors (Lipinski definition) is 1. The molecule has 2 aromatic carbocycles. The Morgan fingerprint density at radius 1 is 1.22 bits per heavy atom. The fourth-order valence-electron chi connectivity index (χ4n) is 2.72. The molecule has 0 unspecified atom stereocenters. The van der Waals surface area contributed by atoms with E-state index >= 15 is 0 Å². The molecule has 23 heavy (non-hydrogen) atoms. The highest BCUT2D eigenvalue weighted by Gasteiger charge is 2.35. The molecule has 1 atom stereocenters. The van der Waals surface area contributed by atoms with Crippen molar-refractivity contribution in [1.82, 2.24) is 0 Å². The fourth-order valence-corrected chi connectivity index (χ4v) is 2.72. The Labute approximate surface area is 133 Å². The van der Waals surface area contributed by atoms with Gasteiger partial charge in [0.05, 0.1) is 5.92 Å². The molecular weight excluding hydrogens is 295 g/mol. The van der Waals surface area contributed by atoms with E-state index in [1.165, 1.54) is 17.0 Å². The zero-order valence-electron chi connectivity index (χ0n) is 12.8. The van der Waals surface area contributed by atoms with Gasteiger partial charge in [0, 0.05) is 24.3 Å². The van der Waals surface area contributed by atoms with Crippen molar-refractivity contribution in [2.75, 3.05) is 16.8 Å². The highest BCUT2D eigenvalue weighted by molar-refractivity contribution is 6.03. The SMILES string of the molecule is Cc1cccc(NC(=O)[C@@H]2CC(=O)N(c3ccc(F)cc3)C2)c1. The Morgan fingerprint density at radius 3 is 2.65 bits per heavy atom. The number of aryl methyl sites for hydroxylation is 1. The van der Waals surface area contributed by atoms with Crippen LogP contribution in [0.15, 0.2) is 48.5 Å². The van der Waals surface area contributed by atoms with Crippen molar-refractivity contribution in [3.05, 3.63) is 59.9 Å². The van der Waals surface area contributed by atoms with Crippen molar-refractivity contribution in [3.8, 4) is 0 Å². The first-order valence-corrected chi connectivity index (χ1v) is 7.46. The van der Waals surface area contributed by atoms with E-state index in [4.69, 9.17) is 0 Å². The maximum absolute atomic E-state index is 13.0. The molecule has 0 aliphatic carbocycles. The van der Waals surface area contributed by atoms with E-state index in [1.807, 2.05) is 31.2 Å². The second-order valence-electron chi connectivity index (χ2n) is 5.74. The molecule has 0 saturated carbocycles. The molecule has 1 aliphatic heterocycles. The van der Waals surface area contributed by atoms with Crippen molar-refractivity contribution in [2.24, 2.45) is 5.92 Å². The maximum Gasteiger partial charge on any atom is 0.229 e. The summed E-state index contributed by atoms with van der Waals surface area (Å²) < 4.78 is 13.0. The second kappa shape index (κ2) is 6.20. The molecule has 118 valence electrons. The molecule has 1 saturated heterocycles. The van der Waals surface area contributed by atoms with Gasteiger partial charge in [0.15, 0.2) is 0 Å². The van der Waals surface area contributed by atoms with E-state index in [9.17, 15) is 14.0 Å². The third-order valence-corrected chi connectivity index (χ3v) is 3.92. The fraction of sp³-hybridized carbons (Fsp3) is 0.222. The lowest BCUT2D eigenvalue weighted by Gasteiger charge is -2.16. The van der Waals surface area contributed by atoms with Crippen LogP contribution in [0, 0.1) is 18.7 Å². The third-order valence-electron chi connectivity index (χ3n) is 3.92. The van der Waals surface area contributed by atoms with Crippen LogP contribution in [-0.4, -0.2) is 18.4 Å². The molecule has 1 aliphatic rings. The minimum atomic E-state index is -0.409. The Morgan fingerprint density at radius 2 is 1.96 bits per heavy atom. The standard InChI is InChI=1S/C18H17FN2O2/c1-12-3-2-4-15(9-12)20-18(23)13-10-17(22)21(11-13)16-7-5-14(19)6-8-16/h2-9,13H,10-11H2,1H3,(H,20,23)/t13-/m1/s1. The summed E-state index contributed by atoms with van der Waals surface area (Å²) in [6.07, 6.45) is 0.162. The highest BCUT2D eigenvalue weighted by Crippen LogP contribution is 2.26. The zero-order valence-corrected chi connectivity index (χ0v) is 12.8. The lowest BCUT2D eigenvalue weighted by molar-refractivity contribution is -0.122. The molecule has 0 aromatic heterocycles. The van der Waals surface area contributed by atoms with Crippen LogP contribution in [0.3, 0.4) is 0 Å². The summed E-state index contributed by atoms with van der Waals surface area (Å²) >= 11 is 0. The number of benzene rings is 2. The number of halogens is 1. The first-order valence-electron chi connectivity index (χ1n) is 7.46. The molecule has 5 heteroatoms. The first kappa shape index (κ1) is 15.2. The van der Waals surface area contributed by atoms with Crippen molar-refractivity contribution < 1.29 is 14.0 Å². The van der Waals surface area contributed by atoms with Crippen LogP contribution in [0.5, 0.6) is 0 Å². The van der Waals surface area contributed by atoms with Gasteiger partial charge in [-0.15, -0.1) is 0 Å². The van der Waals surface area contributed by atoms with Crippen LogP contribution >= 0.6 is 0 Å². The predicted molar refractivity (Wildman–Crippen MR) is 86.7 cm³/mol. The third kappa shape index (κ3) is 3.39. The van der Waals surface area contributed by atoms with E-state index < -0.39 is 5.92 Å². The van der Waals surface area contributed by atoms with Gasteiger partial charge >= 0.3 is 0 Å². The average molecular weight is 312 g/mol. The van der Waals surface area contributed by atoms with Crippen LogP contribution < -0.4 is 10.2 Å². The number of nitrogens with one attached hydrogen (secondary N) is 1. The Kier molecular flexibility index (Phi) is 4.10. The molecule has 0 spiro atoms. The van der Waals surface area contributed by atoms with E-state index in [1.54, 1.807) is 12.1 Å². The van der Waals surface area contributed by atoms with E-state index in [2.05, 4.69) is 5.32 Å². The normalized spacial score (nSPS) is 17.4. The van der Waals surface area contributed by atoms with E-state index in [0.29, 0.717) is 12.2 Å². The summed E-state index contributed by atoms with van der Waals surface area (Å²) in [6.45, 7) is 2.26. The smallest absolute Gasteiger partial charge is 0.229 e. The van der Waals surface area contributed by atoms with Gasteiger partial charge in [0.1, 0.15) is 5.82 Å². The van der Waals surface area contributed by atoms with Gasteiger partial charge in [-0.1, -0.05) is 12.1 Å². The summed E-state index contributed by atoms with van der Waals surface area (Å²) in [5.74, 6) is -1.06. The number of rotatable bonds is 3. The minimum absolute atomic E-state index is 0.124. The van der Waals surface area contributed by atoms with Crippen LogP contribution in [0.1, 0.15) is 12.0 Å². The van der Waals surface area contributed by atoms with Crippen molar-refractivity contribution >= 4 is 23.2 Å². The number of nitrogens with zero attached hydrogens (tertiary/aromatic N) is 1. The van der Waals surface area contributed by atoms with Gasteiger partial charge in [-0.3, -0.25) is 9.59 Å². The molecule has 1 N–H and O–H groups in total. The van der Waals surface area contributed by atoms with E-state index in [0.717, 1.165) is 11.3 Å². The summed E-state index contributed by atoms with van der Waals surface area (Å²) in [7, 11) is 0. The lowest BCUT2D eigenvalue weighted by atomic mass is 10.1. The number of anilines is 2. The molecule has 0 radical (unpaired) electrons. The van der Waals surface area contributed by atoms with Crippen LogP contribution in [0.4, 0.5) is 15.8 Å². The topological polar surface area (TPSA) is 49.4 Å². The van der Waals surface area contributed by atoms with Gasteiger partial charge < -0.3 is 10.2 Å². The van der Waals surface area contributed by atoms with Gasteiger partial charge in [-0.2, -0.15) is 0 Å². The highest BCUT2D eigenvalue weighted by atomic mass is 19.1. The van der Waals surface area contributed by atoms with Crippen molar-refractivity contribution in [1.29, 1.82) is 0 Å². The Hall–Kier alpha value is -2.69. The van der Waals surface area contributed by atoms with Gasteiger partial charge in [-0.05, 0) is 48.9 Å². The molecule has 0 bridgehead atoms. The predicted octanol–water partition coefficient (Wildman–Crippen LogP) is 3.13. The molecule has 4 nitrogen and oxygen atoms in total. The summed E-state index contributed by atoms with van der Waals surface area (Å²) in [5, 5.41) is 2.85. The number of amides is 2. The average Bonchev–Trinajstić information content (AvgIpc) is 2.90.